The second kappa shape index (κ2) is 3.44. The van der Waals surface area contributed by atoms with Gasteiger partial charge in [-0.1, -0.05) is 6.07 Å². The van der Waals surface area contributed by atoms with Gasteiger partial charge in [0, 0.05) is 11.5 Å². The zero-order valence-electron chi connectivity index (χ0n) is 6.23. The maximum atomic E-state index is 8.99. The molecule has 0 fully saturated rings. The Labute approximate surface area is 69.6 Å². The molecule has 1 aromatic rings. The number of hydrogen-bond acceptors (Lipinski definition) is 5. The zero-order chi connectivity index (χ0) is 9.14. The Morgan fingerprint density at radius 3 is 2.50 bits per heavy atom. The summed E-state index contributed by atoms with van der Waals surface area (Å²) in [5.74, 6) is 5.08. The maximum Gasteiger partial charge on any atom is 0.490 e. The van der Waals surface area contributed by atoms with Crippen molar-refractivity contribution in [3.05, 3.63) is 18.2 Å². The summed E-state index contributed by atoms with van der Waals surface area (Å²) in [6.45, 7) is 0. The Bertz CT molecular complexity index is 279. The Hall–Kier alpha value is -1.24. The molecule has 0 atom stereocenters. The predicted molar refractivity (Wildman–Crippen MR) is 45.7 cm³/mol. The Kier molecular flexibility index (Phi) is 2.54. The summed E-state index contributed by atoms with van der Waals surface area (Å²) in [5, 5.41) is 26.6. The second-order valence-electron chi connectivity index (χ2n) is 2.29. The fourth-order valence-electron chi connectivity index (χ4n) is 0.894. The minimum absolute atomic E-state index is 0.00681. The van der Waals surface area contributed by atoms with Gasteiger partial charge in [0.1, 0.15) is 5.75 Å². The van der Waals surface area contributed by atoms with E-state index < -0.39 is 7.12 Å². The van der Waals surface area contributed by atoms with Gasteiger partial charge in [-0.05, 0) is 6.07 Å². The highest BCUT2D eigenvalue weighted by Crippen LogP contribution is 2.12. The molecule has 0 amide bonds. The maximum absolute atomic E-state index is 8.99. The first kappa shape index (κ1) is 8.86. The van der Waals surface area contributed by atoms with Gasteiger partial charge in [-0.25, -0.2) is 0 Å². The Morgan fingerprint density at radius 1 is 1.33 bits per heavy atom. The third-order valence-corrected chi connectivity index (χ3v) is 1.47. The molecule has 0 aliphatic carbocycles. The van der Waals surface area contributed by atoms with Gasteiger partial charge in [0.15, 0.2) is 0 Å². The van der Waals surface area contributed by atoms with E-state index in [1.807, 2.05) is 0 Å². The van der Waals surface area contributed by atoms with E-state index in [-0.39, 0.29) is 16.9 Å². The summed E-state index contributed by atoms with van der Waals surface area (Å²) in [7, 11) is -1.60. The number of anilines is 1. The third kappa shape index (κ3) is 1.67. The van der Waals surface area contributed by atoms with Gasteiger partial charge in [0.2, 0.25) is 0 Å². The van der Waals surface area contributed by atoms with E-state index in [0.29, 0.717) is 0 Å². The van der Waals surface area contributed by atoms with Gasteiger partial charge < -0.3 is 20.6 Å². The molecule has 64 valence electrons. The van der Waals surface area contributed by atoms with Crippen molar-refractivity contribution in [1.29, 1.82) is 0 Å². The standard InChI is InChI=1S/C6H9BN2O3/c8-9-6-3-4(10)1-2-5(6)7(11)12/h1-3,9-12H,8H2. The second-order valence-corrected chi connectivity index (χ2v) is 2.29. The number of hydrazine groups is 1. The van der Waals surface area contributed by atoms with Crippen LogP contribution in [-0.2, 0) is 0 Å². The van der Waals surface area contributed by atoms with Gasteiger partial charge >= 0.3 is 7.12 Å². The van der Waals surface area contributed by atoms with E-state index in [1.165, 1.54) is 18.2 Å². The van der Waals surface area contributed by atoms with Gasteiger partial charge in [0.05, 0.1) is 5.69 Å². The quantitative estimate of drug-likeness (QED) is 0.207. The highest BCUT2D eigenvalue weighted by Gasteiger charge is 2.15. The molecule has 0 saturated heterocycles. The molecule has 0 aromatic heterocycles. The van der Waals surface area contributed by atoms with Crippen LogP contribution in [0.3, 0.4) is 0 Å². The highest BCUT2D eigenvalue weighted by atomic mass is 16.4. The number of phenolic OH excluding ortho intramolecular Hbond substituents is 1. The van der Waals surface area contributed by atoms with Crippen molar-refractivity contribution < 1.29 is 15.2 Å². The lowest BCUT2D eigenvalue weighted by Crippen LogP contribution is -2.33. The number of phenols is 1. The smallest absolute Gasteiger partial charge is 0.490 e. The van der Waals surface area contributed by atoms with Crippen LogP contribution in [0.5, 0.6) is 5.75 Å². The van der Waals surface area contributed by atoms with Crippen LogP contribution in [-0.4, -0.2) is 22.3 Å². The first-order valence-electron chi connectivity index (χ1n) is 3.31. The van der Waals surface area contributed by atoms with Crippen LogP contribution in [0.4, 0.5) is 5.69 Å². The molecule has 0 unspecified atom stereocenters. The van der Waals surface area contributed by atoms with Crippen molar-refractivity contribution in [3.63, 3.8) is 0 Å². The highest BCUT2D eigenvalue weighted by molar-refractivity contribution is 6.60. The summed E-state index contributed by atoms with van der Waals surface area (Å²) in [6.07, 6.45) is 0. The van der Waals surface area contributed by atoms with E-state index in [0.717, 1.165) is 0 Å². The largest absolute Gasteiger partial charge is 0.508 e. The normalized spacial score (nSPS) is 9.58. The van der Waals surface area contributed by atoms with Crippen LogP contribution in [0, 0.1) is 0 Å². The lowest BCUT2D eigenvalue weighted by Gasteiger charge is -2.07. The average Bonchev–Trinajstić information content (AvgIpc) is 2.03. The average molecular weight is 168 g/mol. The van der Waals surface area contributed by atoms with E-state index in [9.17, 15) is 0 Å². The SMILES string of the molecule is NNc1cc(O)ccc1B(O)O. The van der Waals surface area contributed by atoms with E-state index in [1.54, 1.807) is 0 Å². The van der Waals surface area contributed by atoms with Crippen molar-refractivity contribution >= 4 is 18.3 Å². The molecule has 0 aliphatic heterocycles. The summed E-state index contributed by atoms with van der Waals surface area (Å²) in [6, 6.07) is 4.01. The van der Waals surface area contributed by atoms with E-state index in [2.05, 4.69) is 5.43 Å². The van der Waals surface area contributed by atoms with Crippen LogP contribution < -0.4 is 16.7 Å². The monoisotopic (exact) mass is 168 g/mol. The number of nitrogen functional groups attached to an aromatic ring is 1. The molecule has 0 spiro atoms. The third-order valence-electron chi connectivity index (χ3n) is 1.47. The number of hydrogen-bond donors (Lipinski definition) is 5. The lowest BCUT2D eigenvalue weighted by atomic mass is 9.79. The Morgan fingerprint density at radius 2 is 2.00 bits per heavy atom. The van der Waals surface area contributed by atoms with E-state index >= 15 is 0 Å². The molecule has 6 N–H and O–H groups in total. The van der Waals surface area contributed by atoms with Gasteiger partial charge in [-0.15, -0.1) is 0 Å². The first-order valence-corrected chi connectivity index (χ1v) is 3.31. The molecule has 0 heterocycles. The number of aromatic hydroxyl groups is 1. The first-order chi connectivity index (χ1) is 5.65. The molecular weight excluding hydrogens is 159 g/mol. The molecule has 0 bridgehead atoms. The number of rotatable bonds is 2. The zero-order valence-corrected chi connectivity index (χ0v) is 6.23. The van der Waals surface area contributed by atoms with Crippen molar-refractivity contribution in [2.75, 3.05) is 5.43 Å². The van der Waals surface area contributed by atoms with Gasteiger partial charge in [-0.2, -0.15) is 0 Å². The van der Waals surface area contributed by atoms with Crippen LogP contribution >= 0.6 is 0 Å². The molecule has 0 aliphatic rings. The summed E-state index contributed by atoms with van der Waals surface area (Å²) >= 11 is 0. The van der Waals surface area contributed by atoms with Gasteiger partial charge in [-0.3, -0.25) is 5.84 Å². The molecular formula is C6H9BN2O3. The van der Waals surface area contributed by atoms with Crippen molar-refractivity contribution in [2.45, 2.75) is 0 Å². The molecule has 12 heavy (non-hydrogen) atoms. The van der Waals surface area contributed by atoms with E-state index in [4.69, 9.17) is 21.0 Å². The molecule has 1 aromatic carbocycles. The van der Waals surface area contributed by atoms with Crippen molar-refractivity contribution in [1.82, 2.24) is 0 Å². The minimum Gasteiger partial charge on any atom is -0.508 e. The van der Waals surface area contributed by atoms with Crippen LogP contribution in [0.2, 0.25) is 0 Å². The number of benzene rings is 1. The van der Waals surface area contributed by atoms with Crippen LogP contribution in [0.25, 0.3) is 0 Å². The van der Waals surface area contributed by atoms with Crippen molar-refractivity contribution in [3.8, 4) is 5.75 Å². The molecule has 0 radical (unpaired) electrons. The molecule has 1 rings (SSSR count). The van der Waals surface area contributed by atoms with Crippen LogP contribution in [0.1, 0.15) is 0 Å². The molecule has 5 nitrogen and oxygen atoms in total. The lowest BCUT2D eigenvalue weighted by molar-refractivity contribution is 0.426. The Balaban J connectivity index is 3.11. The van der Waals surface area contributed by atoms with Crippen molar-refractivity contribution in [2.24, 2.45) is 5.84 Å². The number of nitrogens with one attached hydrogen (secondary N) is 1. The van der Waals surface area contributed by atoms with Gasteiger partial charge in [0.25, 0.3) is 0 Å². The fourth-order valence-corrected chi connectivity index (χ4v) is 0.894. The topological polar surface area (TPSA) is 98.7 Å². The fraction of sp³-hybridized carbons (Fsp3) is 0. The summed E-state index contributed by atoms with van der Waals surface area (Å²) in [5.41, 5.74) is 2.74. The van der Waals surface area contributed by atoms with Crippen LogP contribution in [0.15, 0.2) is 18.2 Å². The minimum atomic E-state index is -1.60. The number of nitrogens with two attached hydrogens (primary N) is 1. The summed E-state index contributed by atoms with van der Waals surface area (Å²) in [4.78, 5) is 0. The molecule has 6 heteroatoms. The molecule has 0 saturated carbocycles. The summed E-state index contributed by atoms with van der Waals surface area (Å²) < 4.78 is 0. The predicted octanol–water partition coefficient (Wildman–Crippen LogP) is -1.64.